The van der Waals surface area contributed by atoms with E-state index in [0.29, 0.717) is 21.6 Å². The number of rotatable bonds is 2. The summed E-state index contributed by atoms with van der Waals surface area (Å²) in [4.78, 5) is 4.85. The van der Waals surface area contributed by atoms with Gasteiger partial charge in [0.05, 0.1) is 0 Å². The molecule has 90 valence electrons. The van der Waals surface area contributed by atoms with Gasteiger partial charge in [-0.2, -0.15) is 9.36 Å². The van der Waals surface area contributed by atoms with Crippen LogP contribution in [0, 0.1) is 0 Å². The third-order valence-corrected chi connectivity index (χ3v) is 4.04. The summed E-state index contributed by atoms with van der Waals surface area (Å²) in [6.45, 7) is 0. The summed E-state index contributed by atoms with van der Waals surface area (Å²) in [5.41, 5.74) is 0.874. The number of hydrogen-bond donors (Lipinski definition) is 0. The van der Waals surface area contributed by atoms with Gasteiger partial charge in [0.15, 0.2) is 5.15 Å². The summed E-state index contributed by atoms with van der Waals surface area (Å²) < 4.78 is 9.09. The fourth-order valence-corrected chi connectivity index (χ4v) is 2.54. The molecule has 7 heteroatoms. The molecule has 0 amide bonds. The molecule has 2 heterocycles. The molecule has 0 unspecified atom stereocenters. The Morgan fingerprint density at radius 3 is 2.56 bits per heavy atom. The Labute approximate surface area is 116 Å². The third-order valence-electron chi connectivity index (χ3n) is 2.25. The summed E-state index contributed by atoms with van der Waals surface area (Å²) in [5, 5.41) is 4.49. The van der Waals surface area contributed by atoms with Gasteiger partial charge in [-0.15, -0.1) is 0 Å². The van der Waals surface area contributed by atoms with Gasteiger partial charge in [-0.05, 0) is 11.5 Å². The Kier molecular flexibility index (Phi) is 3.03. The van der Waals surface area contributed by atoms with Gasteiger partial charge in [0, 0.05) is 5.56 Å². The number of benzene rings is 1. The quantitative estimate of drug-likeness (QED) is 0.712. The molecular weight excluding hydrogens is 293 g/mol. The van der Waals surface area contributed by atoms with E-state index < -0.39 is 0 Å². The van der Waals surface area contributed by atoms with Crippen LogP contribution < -0.4 is 0 Å². The Morgan fingerprint density at radius 2 is 1.89 bits per heavy atom. The van der Waals surface area contributed by atoms with Crippen molar-refractivity contribution in [3.05, 3.63) is 40.5 Å². The first-order valence-electron chi connectivity index (χ1n) is 4.96. The highest BCUT2D eigenvalue weighted by Crippen LogP contribution is 2.36. The molecule has 0 aliphatic rings. The van der Waals surface area contributed by atoms with Crippen molar-refractivity contribution in [3.63, 3.8) is 0 Å². The molecule has 0 aliphatic heterocycles. The molecule has 1 aromatic carbocycles. The van der Waals surface area contributed by atoms with Gasteiger partial charge in [0.25, 0.3) is 5.89 Å². The van der Waals surface area contributed by atoms with Crippen LogP contribution in [-0.4, -0.2) is 14.5 Å². The van der Waals surface area contributed by atoms with Crippen molar-refractivity contribution in [2.75, 3.05) is 0 Å². The van der Waals surface area contributed by atoms with E-state index in [1.54, 1.807) is 0 Å². The second-order valence-electron chi connectivity index (χ2n) is 3.41. The van der Waals surface area contributed by atoms with Gasteiger partial charge in [0.1, 0.15) is 9.90 Å². The molecule has 0 fully saturated rings. The van der Waals surface area contributed by atoms with E-state index in [1.807, 2.05) is 30.3 Å². The van der Waals surface area contributed by atoms with E-state index in [-0.39, 0.29) is 5.15 Å². The highest BCUT2D eigenvalue weighted by Gasteiger charge is 2.18. The average molecular weight is 298 g/mol. The van der Waals surface area contributed by atoms with Crippen LogP contribution in [-0.2, 0) is 0 Å². The maximum absolute atomic E-state index is 5.99. The van der Waals surface area contributed by atoms with Gasteiger partial charge in [0.2, 0.25) is 5.82 Å². The highest BCUT2D eigenvalue weighted by molar-refractivity contribution is 7.10. The lowest BCUT2D eigenvalue weighted by atomic mass is 10.2. The Hall–Kier alpha value is -1.43. The summed E-state index contributed by atoms with van der Waals surface area (Å²) in [6.07, 6.45) is 0. The fraction of sp³-hybridized carbons (Fsp3) is 0. The van der Waals surface area contributed by atoms with Crippen molar-refractivity contribution in [2.24, 2.45) is 0 Å². The predicted octanol–water partition coefficient (Wildman–Crippen LogP) is 4.17. The Bertz CT molecular complexity index is 681. The molecule has 0 spiro atoms. The van der Waals surface area contributed by atoms with Gasteiger partial charge < -0.3 is 4.52 Å². The maximum atomic E-state index is 5.99. The minimum atomic E-state index is 0.246. The number of hydrogen-bond acceptors (Lipinski definition) is 5. The summed E-state index contributed by atoms with van der Waals surface area (Å²) in [7, 11) is 0. The molecule has 0 aliphatic carbocycles. The van der Waals surface area contributed by atoms with Gasteiger partial charge in [-0.3, -0.25) is 0 Å². The number of halogens is 2. The van der Waals surface area contributed by atoms with Crippen molar-refractivity contribution in [1.82, 2.24) is 14.5 Å². The molecule has 0 radical (unpaired) electrons. The van der Waals surface area contributed by atoms with E-state index in [0.717, 1.165) is 17.1 Å². The zero-order chi connectivity index (χ0) is 12.5. The van der Waals surface area contributed by atoms with Crippen LogP contribution in [0.25, 0.3) is 22.2 Å². The third kappa shape index (κ3) is 2.01. The largest absolute Gasteiger partial charge is 0.333 e. The summed E-state index contributed by atoms with van der Waals surface area (Å²) >= 11 is 12.9. The van der Waals surface area contributed by atoms with Crippen molar-refractivity contribution >= 4 is 34.7 Å². The second kappa shape index (κ2) is 4.68. The first kappa shape index (κ1) is 11.6. The molecule has 0 saturated heterocycles. The van der Waals surface area contributed by atoms with Crippen LogP contribution in [0.15, 0.2) is 34.9 Å². The molecule has 0 atom stereocenters. The topological polar surface area (TPSA) is 51.8 Å². The molecule has 0 bridgehead atoms. The van der Waals surface area contributed by atoms with Crippen molar-refractivity contribution in [3.8, 4) is 22.2 Å². The lowest BCUT2D eigenvalue weighted by Crippen LogP contribution is -1.79. The monoisotopic (exact) mass is 297 g/mol. The molecule has 0 saturated carbocycles. The van der Waals surface area contributed by atoms with E-state index in [2.05, 4.69) is 14.5 Å². The first-order chi connectivity index (χ1) is 8.75. The molecule has 2 aromatic heterocycles. The standard InChI is InChI=1S/C11H5Cl2N3OS/c12-7-8(18-16-9(7)13)11-14-10(15-17-11)6-4-2-1-3-5-6/h1-5H. The SMILES string of the molecule is Clc1nsc(-c2nc(-c3ccccc3)no2)c1Cl. The smallest absolute Gasteiger partial charge is 0.271 e. The minimum absolute atomic E-state index is 0.246. The first-order valence-corrected chi connectivity index (χ1v) is 6.49. The predicted molar refractivity (Wildman–Crippen MR) is 70.9 cm³/mol. The average Bonchev–Trinajstić information content (AvgIpc) is 3.00. The fourth-order valence-electron chi connectivity index (χ4n) is 1.41. The Morgan fingerprint density at radius 1 is 1.11 bits per heavy atom. The Balaban J connectivity index is 2.02. The maximum Gasteiger partial charge on any atom is 0.271 e. The highest BCUT2D eigenvalue weighted by atomic mass is 35.5. The number of aromatic nitrogens is 3. The van der Waals surface area contributed by atoms with Crippen LogP contribution in [0.2, 0.25) is 10.2 Å². The summed E-state index contributed by atoms with van der Waals surface area (Å²) in [6, 6.07) is 9.53. The van der Waals surface area contributed by atoms with Crippen molar-refractivity contribution in [1.29, 1.82) is 0 Å². The summed E-state index contributed by atoms with van der Waals surface area (Å²) in [5.74, 6) is 0.828. The van der Waals surface area contributed by atoms with Crippen LogP contribution in [0.1, 0.15) is 0 Å². The van der Waals surface area contributed by atoms with Crippen molar-refractivity contribution < 1.29 is 4.52 Å². The van der Waals surface area contributed by atoms with Gasteiger partial charge in [-0.1, -0.05) is 58.7 Å². The molecular formula is C11H5Cl2N3OS. The van der Waals surface area contributed by atoms with Crippen LogP contribution >= 0.6 is 34.7 Å². The lowest BCUT2D eigenvalue weighted by molar-refractivity contribution is 0.433. The van der Waals surface area contributed by atoms with Crippen LogP contribution in [0.4, 0.5) is 0 Å². The van der Waals surface area contributed by atoms with Crippen molar-refractivity contribution in [2.45, 2.75) is 0 Å². The molecule has 0 N–H and O–H groups in total. The van der Waals surface area contributed by atoms with Gasteiger partial charge >= 0.3 is 0 Å². The molecule has 3 aromatic rings. The van der Waals surface area contributed by atoms with E-state index in [4.69, 9.17) is 27.7 Å². The lowest BCUT2D eigenvalue weighted by Gasteiger charge is -1.90. The molecule has 18 heavy (non-hydrogen) atoms. The van der Waals surface area contributed by atoms with E-state index >= 15 is 0 Å². The normalized spacial score (nSPS) is 10.8. The van der Waals surface area contributed by atoms with Crippen LogP contribution in [0.5, 0.6) is 0 Å². The molecule has 4 nitrogen and oxygen atoms in total. The number of nitrogens with zero attached hydrogens (tertiary/aromatic N) is 3. The van der Waals surface area contributed by atoms with Gasteiger partial charge in [-0.25, -0.2) is 0 Å². The van der Waals surface area contributed by atoms with Crippen LogP contribution in [0.3, 0.4) is 0 Å². The zero-order valence-corrected chi connectivity index (χ0v) is 11.1. The minimum Gasteiger partial charge on any atom is -0.333 e. The van der Waals surface area contributed by atoms with E-state index in [9.17, 15) is 0 Å². The van der Waals surface area contributed by atoms with E-state index in [1.165, 1.54) is 0 Å². The molecule has 3 rings (SSSR count). The zero-order valence-electron chi connectivity index (χ0n) is 8.80. The second-order valence-corrected chi connectivity index (χ2v) is 4.92.